The summed E-state index contributed by atoms with van der Waals surface area (Å²) in [5, 5.41) is 0. The molecular formula is C14H16F3NO3S. The summed E-state index contributed by atoms with van der Waals surface area (Å²) in [6.45, 7) is 3.37. The fourth-order valence-electron chi connectivity index (χ4n) is 2.56. The first kappa shape index (κ1) is 16.8. The maximum Gasteiger partial charge on any atom is 0.410 e. The SMILES string of the molecule is CCC[C@@H]1C(=O)N(S(=O)(=O)c2ccc(C)cc2)[C@H]1C(F)(F)F. The molecule has 2 atom stereocenters. The van der Waals surface area contributed by atoms with Crippen LogP contribution in [0.4, 0.5) is 13.2 Å². The van der Waals surface area contributed by atoms with Crippen molar-refractivity contribution in [2.24, 2.45) is 5.92 Å². The van der Waals surface area contributed by atoms with E-state index in [1.54, 1.807) is 13.8 Å². The average molecular weight is 335 g/mol. The van der Waals surface area contributed by atoms with Crippen molar-refractivity contribution in [1.29, 1.82) is 0 Å². The van der Waals surface area contributed by atoms with E-state index in [0.717, 1.165) is 5.56 Å². The lowest BCUT2D eigenvalue weighted by Gasteiger charge is -2.46. The van der Waals surface area contributed by atoms with Crippen molar-refractivity contribution in [3.63, 3.8) is 0 Å². The van der Waals surface area contributed by atoms with Crippen LogP contribution in [0, 0.1) is 12.8 Å². The molecular weight excluding hydrogens is 319 g/mol. The third kappa shape index (κ3) is 2.71. The molecule has 2 rings (SSSR count). The Bertz CT molecular complexity index is 668. The highest BCUT2D eigenvalue weighted by Gasteiger charge is 2.64. The number of nitrogens with zero attached hydrogens (tertiary/aromatic N) is 1. The Kier molecular flexibility index (Phi) is 4.25. The second kappa shape index (κ2) is 5.57. The quantitative estimate of drug-likeness (QED) is 0.795. The molecule has 1 aromatic carbocycles. The van der Waals surface area contributed by atoms with Crippen LogP contribution in [0.3, 0.4) is 0 Å². The molecule has 0 spiro atoms. The van der Waals surface area contributed by atoms with Crippen LogP contribution in [0.5, 0.6) is 0 Å². The van der Waals surface area contributed by atoms with E-state index in [4.69, 9.17) is 0 Å². The third-order valence-electron chi connectivity index (χ3n) is 3.68. The molecule has 0 aromatic heterocycles. The van der Waals surface area contributed by atoms with Gasteiger partial charge in [-0.1, -0.05) is 31.0 Å². The van der Waals surface area contributed by atoms with Gasteiger partial charge in [-0.2, -0.15) is 13.2 Å². The number of carbonyl (C=O) groups is 1. The van der Waals surface area contributed by atoms with E-state index >= 15 is 0 Å². The molecule has 22 heavy (non-hydrogen) atoms. The molecule has 1 fully saturated rings. The summed E-state index contributed by atoms with van der Waals surface area (Å²) in [6.07, 6.45) is -4.38. The summed E-state index contributed by atoms with van der Waals surface area (Å²) in [7, 11) is -4.49. The monoisotopic (exact) mass is 335 g/mol. The number of β-lactam (4-membered cyclic amide) rings is 1. The van der Waals surface area contributed by atoms with Gasteiger partial charge in [-0.05, 0) is 25.5 Å². The predicted molar refractivity (Wildman–Crippen MR) is 73.5 cm³/mol. The minimum Gasteiger partial charge on any atom is -0.273 e. The number of sulfonamides is 1. The first-order valence-corrected chi connectivity index (χ1v) is 8.26. The number of hydrogen-bond donors (Lipinski definition) is 0. The largest absolute Gasteiger partial charge is 0.410 e. The highest BCUT2D eigenvalue weighted by Crippen LogP contribution is 2.44. The van der Waals surface area contributed by atoms with Gasteiger partial charge < -0.3 is 0 Å². The zero-order valence-corrected chi connectivity index (χ0v) is 12.9. The van der Waals surface area contributed by atoms with E-state index in [-0.39, 0.29) is 15.6 Å². The number of hydrogen-bond acceptors (Lipinski definition) is 3. The molecule has 1 aliphatic rings. The Labute approximate surface area is 127 Å². The van der Waals surface area contributed by atoms with Gasteiger partial charge in [0.1, 0.15) is 0 Å². The van der Waals surface area contributed by atoms with Gasteiger partial charge in [-0.25, -0.2) is 12.7 Å². The van der Waals surface area contributed by atoms with Crippen molar-refractivity contribution in [3.05, 3.63) is 29.8 Å². The van der Waals surface area contributed by atoms with E-state index in [2.05, 4.69) is 0 Å². The molecule has 1 saturated heterocycles. The van der Waals surface area contributed by atoms with Crippen molar-refractivity contribution < 1.29 is 26.4 Å². The van der Waals surface area contributed by atoms with Crippen molar-refractivity contribution >= 4 is 15.9 Å². The van der Waals surface area contributed by atoms with Crippen molar-refractivity contribution in [2.45, 2.75) is 43.8 Å². The van der Waals surface area contributed by atoms with Crippen LogP contribution in [0.1, 0.15) is 25.3 Å². The van der Waals surface area contributed by atoms with E-state index in [1.807, 2.05) is 0 Å². The summed E-state index contributed by atoms with van der Waals surface area (Å²) in [4.78, 5) is 11.6. The zero-order valence-electron chi connectivity index (χ0n) is 12.1. The predicted octanol–water partition coefficient (Wildman–Crippen LogP) is 2.87. The Morgan fingerprint density at radius 2 is 1.73 bits per heavy atom. The van der Waals surface area contributed by atoms with Gasteiger partial charge in [0, 0.05) is 0 Å². The van der Waals surface area contributed by atoms with Gasteiger partial charge in [-0.15, -0.1) is 0 Å². The van der Waals surface area contributed by atoms with Gasteiger partial charge in [0.25, 0.3) is 10.0 Å². The Hall–Kier alpha value is -1.57. The van der Waals surface area contributed by atoms with Gasteiger partial charge in [0.15, 0.2) is 6.04 Å². The molecule has 0 bridgehead atoms. The van der Waals surface area contributed by atoms with Crippen molar-refractivity contribution in [1.82, 2.24) is 4.31 Å². The number of carbonyl (C=O) groups excluding carboxylic acids is 1. The van der Waals surface area contributed by atoms with Crippen LogP contribution >= 0.6 is 0 Å². The van der Waals surface area contributed by atoms with Gasteiger partial charge >= 0.3 is 6.18 Å². The normalized spacial score (nSPS) is 22.6. The summed E-state index contributed by atoms with van der Waals surface area (Å²) < 4.78 is 64.1. The lowest BCUT2D eigenvalue weighted by atomic mass is 9.86. The lowest BCUT2D eigenvalue weighted by Crippen LogP contribution is -2.68. The van der Waals surface area contributed by atoms with Crippen LogP contribution in [0.25, 0.3) is 0 Å². The van der Waals surface area contributed by atoms with Crippen molar-refractivity contribution in [2.75, 3.05) is 0 Å². The molecule has 1 amide bonds. The molecule has 0 saturated carbocycles. The summed E-state index contributed by atoms with van der Waals surface area (Å²) >= 11 is 0. The topological polar surface area (TPSA) is 54.5 Å². The first-order chi connectivity index (χ1) is 10.1. The summed E-state index contributed by atoms with van der Waals surface area (Å²) in [5.41, 5.74) is 0.769. The standard InChI is InChI=1S/C14H16F3NO3S/c1-3-4-11-12(14(15,16)17)18(13(11)19)22(20,21)10-7-5-9(2)6-8-10/h5-8,11-12H,3-4H2,1-2H3/t11-,12+/m0/s1. The van der Waals surface area contributed by atoms with Gasteiger partial charge in [-0.3, -0.25) is 4.79 Å². The van der Waals surface area contributed by atoms with E-state index in [1.165, 1.54) is 24.3 Å². The van der Waals surface area contributed by atoms with Crippen LogP contribution in [0.15, 0.2) is 29.2 Å². The third-order valence-corrected chi connectivity index (χ3v) is 5.47. The molecule has 1 aliphatic heterocycles. The Balaban J connectivity index is 2.41. The molecule has 0 radical (unpaired) electrons. The highest BCUT2D eigenvalue weighted by atomic mass is 32.2. The molecule has 1 aromatic rings. The summed E-state index contributed by atoms with van der Waals surface area (Å²) in [6, 6.07) is 3.09. The van der Waals surface area contributed by atoms with Crippen LogP contribution in [-0.2, 0) is 14.8 Å². The number of rotatable bonds is 4. The molecule has 8 heteroatoms. The van der Waals surface area contributed by atoms with Crippen molar-refractivity contribution in [3.8, 4) is 0 Å². The summed E-state index contributed by atoms with van der Waals surface area (Å²) in [5.74, 6) is -2.30. The minimum atomic E-state index is -4.77. The number of aryl methyl sites for hydroxylation is 1. The molecule has 0 aliphatic carbocycles. The molecule has 122 valence electrons. The smallest absolute Gasteiger partial charge is 0.273 e. The molecule has 1 heterocycles. The van der Waals surface area contributed by atoms with E-state index in [9.17, 15) is 26.4 Å². The second-order valence-electron chi connectivity index (χ2n) is 5.33. The minimum absolute atomic E-state index is 0.0159. The number of alkyl halides is 3. The maximum absolute atomic E-state index is 13.1. The second-order valence-corrected chi connectivity index (χ2v) is 7.15. The van der Waals surface area contributed by atoms with E-state index < -0.39 is 34.1 Å². The fourth-order valence-corrected chi connectivity index (χ4v) is 4.21. The van der Waals surface area contributed by atoms with Gasteiger partial charge in [0.2, 0.25) is 5.91 Å². The maximum atomic E-state index is 13.1. The average Bonchev–Trinajstić information content (AvgIpc) is 2.40. The number of halogens is 3. The number of amides is 1. The highest BCUT2D eigenvalue weighted by molar-refractivity contribution is 7.89. The van der Waals surface area contributed by atoms with Gasteiger partial charge in [0.05, 0.1) is 10.8 Å². The Morgan fingerprint density at radius 3 is 2.18 bits per heavy atom. The Morgan fingerprint density at radius 1 is 1.18 bits per heavy atom. The lowest BCUT2D eigenvalue weighted by molar-refractivity contribution is -0.215. The first-order valence-electron chi connectivity index (χ1n) is 6.82. The zero-order chi connectivity index (χ0) is 16.7. The number of benzene rings is 1. The van der Waals surface area contributed by atoms with Crippen LogP contribution in [0.2, 0.25) is 0 Å². The molecule has 0 N–H and O–H groups in total. The van der Waals surface area contributed by atoms with E-state index in [0.29, 0.717) is 6.42 Å². The molecule has 0 unspecified atom stereocenters. The molecule has 4 nitrogen and oxygen atoms in total. The van der Waals surface area contributed by atoms with Crippen LogP contribution < -0.4 is 0 Å². The fraction of sp³-hybridized carbons (Fsp3) is 0.500. The van der Waals surface area contributed by atoms with Crippen LogP contribution in [-0.4, -0.2) is 30.8 Å².